The van der Waals surface area contributed by atoms with E-state index in [1.165, 1.54) is 18.2 Å². The van der Waals surface area contributed by atoms with E-state index in [1.807, 2.05) is 12.1 Å². The molecule has 2 aromatic carbocycles. The first-order chi connectivity index (χ1) is 9.65. The number of rotatable bonds is 3. The van der Waals surface area contributed by atoms with Crippen LogP contribution in [0.4, 0.5) is 4.39 Å². The Morgan fingerprint density at radius 2 is 1.95 bits per heavy atom. The van der Waals surface area contributed by atoms with Crippen molar-refractivity contribution in [3.05, 3.63) is 63.9 Å². The van der Waals surface area contributed by atoms with Crippen molar-refractivity contribution in [2.24, 2.45) is 0 Å². The van der Waals surface area contributed by atoms with E-state index in [1.54, 1.807) is 18.2 Å². The van der Waals surface area contributed by atoms with Crippen LogP contribution in [0.15, 0.2) is 36.4 Å². The largest absolute Gasteiger partial charge is 0.487 e. The second-order valence-corrected chi connectivity index (χ2v) is 4.33. The van der Waals surface area contributed by atoms with Gasteiger partial charge in [0.25, 0.3) is 0 Å². The van der Waals surface area contributed by atoms with Gasteiger partial charge in [-0.15, -0.1) is 0 Å². The van der Waals surface area contributed by atoms with E-state index in [0.717, 1.165) is 0 Å². The SMILES string of the molecule is N#Cc1ccc(F)cc1COc1cccc(Cl)c1C#N. The number of ether oxygens (including phenoxy) is 1. The number of nitrogens with zero attached hydrogens (tertiary/aromatic N) is 2. The number of hydrogen-bond acceptors (Lipinski definition) is 3. The molecule has 98 valence electrons. The van der Waals surface area contributed by atoms with Crippen LogP contribution >= 0.6 is 11.6 Å². The van der Waals surface area contributed by atoms with Crippen LogP contribution in [-0.4, -0.2) is 0 Å². The first-order valence-electron chi connectivity index (χ1n) is 5.65. The first-order valence-corrected chi connectivity index (χ1v) is 6.03. The Morgan fingerprint density at radius 1 is 1.15 bits per heavy atom. The molecule has 0 bridgehead atoms. The Bertz CT molecular complexity index is 730. The lowest BCUT2D eigenvalue weighted by atomic mass is 10.1. The summed E-state index contributed by atoms with van der Waals surface area (Å²) < 4.78 is 18.6. The molecule has 0 spiro atoms. The Balaban J connectivity index is 2.27. The summed E-state index contributed by atoms with van der Waals surface area (Å²) in [5.74, 6) is -0.151. The van der Waals surface area contributed by atoms with Gasteiger partial charge in [0.05, 0.1) is 16.7 Å². The zero-order valence-electron chi connectivity index (χ0n) is 10.2. The molecule has 3 nitrogen and oxygen atoms in total. The average molecular weight is 287 g/mol. The maximum atomic E-state index is 13.2. The minimum Gasteiger partial charge on any atom is -0.487 e. The van der Waals surface area contributed by atoms with E-state index in [0.29, 0.717) is 16.9 Å². The van der Waals surface area contributed by atoms with Crippen molar-refractivity contribution >= 4 is 11.6 Å². The highest BCUT2D eigenvalue weighted by atomic mass is 35.5. The second-order valence-electron chi connectivity index (χ2n) is 3.93. The van der Waals surface area contributed by atoms with E-state index in [2.05, 4.69) is 0 Å². The van der Waals surface area contributed by atoms with Gasteiger partial charge in [-0.05, 0) is 30.3 Å². The van der Waals surface area contributed by atoms with Gasteiger partial charge < -0.3 is 4.74 Å². The predicted octanol–water partition coefficient (Wildman–Crippen LogP) is 3.80. The molecule has 2 aromatic rings. The van der Waals surface area contributed by atoms with Crippen LogP contribution < -0.4 is 4.74 Å². The molecule has 0 amide bonds. The molecular formula is C15H8ClFN2O. The average Bonchev–Trinajstić information content (AvgIpc) is 2.45. The zero-order chi connectivity index (χ0) is 14.5. The lowest BCUT2D eigenvalue weighted by molar-refractivity contribution is 0.304. The van der Waals surface area contributed by atoms with Crippen molar-refractivity contribution in [1.29, 1.82) is 10.5 Å². The van der Waals surface area contributed by atoms with Crippen LogP contribution in [0.1, 0.15) is 16.7 Å². The van der Waals surface area contributed by atoms with Crippen LogP contribution in [0.25, 0.3) is 0 Å². The highest BCUT2D eigenvalue weighted by Crippen LogP contribution is 2.26. The maximum Gasteiger partial charge on any atom is 0.139 e. The van der Waals surface area contributed by atoms with Crippen molar-refractivity contribution in [2.75, 3.05) is 0 Å². The molecule has 0 aliphatic rings. The summed E-state index contributed by atoms with van der Waals surface area (Å²) in [4.78, 5) is 0. The van der Waals surface area contributed by atoms with Gasteiger partial charge >= 0.3 is 0 Å². The maximum absolute atomic E-state index is 13.2. The third kappa shape index (κ3) is 2.88. The molecule has 0 unspecified atom stereocenters. The van der Waals surface area contributed by atoms with Crippen molar-refractivity contribution < 1.29 is 9.13 Å². The molecule has 0 aromatic heterocycles. The minimum atomic E-state index is -0.450. The zero-order valence-corrected chi connectivity index (χ0v) is 11.0. The van der Waals surface area contributed by atoms with Crippen LogP contribution in [0, 0.1) is 28.5 Å². The minimum absolute atomic E-state index is 0.0182. The number of benzene rings is 2. The van der Waals surface area contributed by atoms with Crippen molar-refractivity contribution in [2.45, 2.75) is 6.61 Å². The van der Waals surface area contributed by atoms with Gasteiger partial charge in [0, 0.05) is 5.56 Å². The fourth-order valence-corrected chi connectivity index (χ4v) is 1.89. The molecular weight excluding hydrogens is 279 g/mol. The fourth-order valence-electron chi connectivity index (χ4n) is 1.68. The molecule has 0 radical (unpaired) electrons. The normalized spacial score (nSPS) is 9.60. The smallest absolute Gasteiger partial charge is 0.139 e. The van der Waals surface area contributed by atoms with Gasteiger partial charge in [0.2, 0.25) is 0 Å². The number of halogens is 2. The summed E-state index contributed by atoms with van der Waals surface area (Å²) in [5.41, 5.74) is 0.951. The van der Waals surface area contributed by atoms with Gasteiger partial charge in [-0.25, -0.2) is 4.39 Å². The monoisotopic (exact) mass is 286 g/mol. The number of hydrogen-bond donors (Lipinski definition) is 0. The van der Waals surface area contributed by atoms with Crippen molar-refractivity contribution in [3.8, 4) is 17.9 Å². The van der Waals surface area contributed by atoms with Gasteiger partial charge in [0.15, 0.2) is 0 Å². The van der Waals surface area contributed by atoms with Crippen LogP contribution in [-0.2, 0) is 6.61 Å². The van der Waals surface area contributed by atoms with E-state index in [4.69, 9.17) is 26.9 Å². The Morgan fingerprint density at radius 3 is 2.65 bits per heavy atom. The molecule has 0 aliphatic heterocycles. The lowest BCUT2D eigenvalue weighted by Gasteiger charge is -2.09. The van der Waals surface area contributed by atoms with E-state index >= 15 is 0 Å². The van der Waals surface area contributed by atoms with E-state index in [9.17, 15) is 4.39 Å². The third-order valence-corrected chi connectivity index (χ3v) is 2.97. The highest BCUT2D eigenvalue weighted by molar-refractivity contribution is 6.31. The summed E-state index contributed by atoms with van der Waals surface area (Å²) in [5, 5.41) is 18.2. The lowest BCUT2D eigenvalue weighted by Crippen LogP contribution is -2.00. The molecule has 5 heteroatoms. The third-order valence-electron chi connectivity index (χ3n) is 2.66. The van der Waals surface area contributed by atoms with Gasteiger partial charge in [-0.2, -0.15) is 10.5 Å². The summed E-state index contributed by atoms with van der Waals surface area (Å²) in [6.45, 7) is -0.0182. The van der Waals surface area contributed by atoms with Gasteiger partial charge in [-0.1, -0.05) is 17.7 Å². The Labute approximate surface area is 120 Å². The molecule has 20 heavy (non-hydrogen) atoms. The van der Waals surface area contributed by atoms with E-state index in [-0.39, 0.29) is 17.2 Å². The molecule has 0 heterocycles. The predicted molar refractivity (Wildman–Crippen MR) is 71.6 cm³/mol. The second kappa shape index (κ2) is 6.06. The van der Waals surface area contributed by atoms with Crippen molar-refractivity contribution in [3.63, 3.8) is 0 Å². The summed E-state index contributed by atoms with van der Waals surface area (Å²) in [6, 6.07) is 12.6. The van der Waals surface area contributed by atoms with Gasteiger partial charge in [0.1, 0.15) is 29.8 Å². The molecule has 0 fully saturated rings. The molecule has 0 aliphatic carbocycles. The Hall–Kier alpha value is -2.56. The van der Waals surface area contributed by atoms with E-state index < -0.39 is 5.82 Å². The molecule has 0 saturated carbocycles. The van der Waals surface area contributed by atoms with Crippen molar-refractivity contribution in [1.82, 2.24) is 0 Å². The van der Waals surface area contributed by atoms with Crippen LogP contribution in [0.2, 0.25) is 5.02 Å². The molecule has 0 N–H and O–H groups in total. The van der Waals surface area contributed by atoms with Gasteiger partial charge in [-0.3, -0.25) is 0 Å². The summed E-state index contributed by atoms with van der Waals surface area (Å²) in [6.07, 6.45) is 0. The molecule has 0 atom stereocenters. The standard InChI is InChI=1S/C15H8ClFN2O/c16-14-2-1-3-15(13(14)8-19)20-9-11-6-12(17)5-4-10(11)7-18/h1-6H,9H2. The first kappa shape index (κ1) is 13.9. The molecule has 2 rings (SSSR count). The van der Waals surface area contributed by atoms with Crippen LogP contribution in [0.3, 0.4) is 0 Å². The summed E-state index contributed by atoms with van der Waals surface area (Å²) >= 11 is 5.88. The summed E-state index contributed by atoms with van der Waals surface area (Å²) in [7, 11) is 0. The van der Waals surface area contributed by atoms with Crippen LogP contribution in [0.5, 0.6) is 5.75 Å². The number of nitriles is 2. The molecule has 0 saturated heterocycles. The highest BCUT2D eigenvalue weighted by Gasteiger charge is 2.09. The topological polar surface area (TPSA) is 56.8 Å². The fraction of sp³-hybridized carbons (Fsp3) is 0.0667. The quantitative estimate of drug-likeness (QED) is 0.862. The Kier molecular flexibility index (Phi) is 4.20.